The second-order valence-corrected chi connectivity index (χ2v) is 5.34. The number of carboxylic acid groups (broad SMARTS) is 1. The Labute approximate surface area is 108 Å². The van der Waals surface area contributed by atoms with Crippen LogP contribution in [0.3, 0.4) is 0 Å². The molecule has 3 heteroatoms. The molecule has 1 aliphatic rings. The molecule has 0 amide bonds. The number of carbonyl (C=O) groups is 1. The number of nitrogens with one attached hydrogen (secondary N) is 1. The fourth-order valence-corrected chi connectivity index (χ4v) is 2.81. The minimum absolute atomic E-state index is 0.354. The normalized spacial score (nSPS) is 17.9. The van der Waals surface area contributed by atoms with Crippen LogP contribution >= 0.6 is 0 Å². The maximum atomic E-state index is 11.4. The number of rotatable bonds is 4. The topological polar surface area (TPSA) is 49.3 Å². The Morgan fingerprint density at radius 1 is 1.22 bits per heavy atom. The van der Waals surface area contributed by atoms with Gasteiger partial charge in [0.2, 0.25) is 0 Å². The Bertz CT molecular complexity index is 416. The molecule has 1 fully saturated rings. The van der Waals surface area contributed by atoms with Crippen LogP contribution in [0.4, 0.5) is 0 Å². The molecule has 98 valence electrons. The van der Waals surface area contributed by atoms with E-state index in [1.165, 1.54) is 12.8 Å². The highest BCUT2D eigenvalue weighted by atomic mass is 16.4. The van der Waals surface area contributed by atoms with Crippen molar-refractivity contribution in [2.75, 3.05) is 0 Å². The molecule has 2 rings (SSSR count). The van der Waals surface area contributed by atoms with Gasteiger partial charge in [0.15, 0.2) is 0 Å². The van der Waals surface area contributed by atoms with Crippen molar-refractivity contribution in [1.29, 1.82) is 0 Å². The van der Waals surface area contributed by atoms with Gasteiger partial charge in [0.25, 0.3) is 0 Å². The monoisotopic (exact) mass is 247 g/mol. The SMILES string of the molecule is Cc1cc(C)cc(C(NC2CCCC2)C(=O)O)c1. The fourth-order valence-electron chi connectivity index (χ4n) is 2.81. The second kappa shape index (κ2) is 5.53. The smallest absolute Gasteiger partial charge is 0.325 e. The predicted octanol–water partition coefficient (Wildman–Crippen LogP) is 2.96. The molecule has 0 spiro atoms. The lowest BCUT2D eigenvalue weighted by atomic mass is 10.0. The Morgan fingerprint density at radius 2 is 1.78 bits per heavy atom. The zero-order valence-corrected chi connectivity index (χ0v) is 11.1. The summed E-state index contributed by atoms with van der Waals surface area (Å²) >= 11 is 0. The number of carboxylic acids is 1. The lowest BCUT2D eigenvalue weighted by molar-refractivity contribution is -0.139. The summed E-state index contributed by atoms with van der Waals surface area (Å²) in [6, 6.07) is 5.78. The van der Waals surface area contributed by atoms with E-state index in [4.69, 9.17) is 0 Å². The molecule has 1 atom stereocenters. The lowest BCUT2D eigenvalue weighted by Crippen LogP contribution is -2.35. The molecule has 0 radical (unpaired) electrons. The molecular weight excluding hydrogens is 226 g/mol. The molecule has 1 unspecified atom stereocenters. The van der Waals surface area contributed by atoms with Crippen LogP contribution < -0.4 is 5.32 Å². The highest BCUT2D eigenvalue weighted by Gasteiger charge is 2.25. The highest BCUT2D eigenvalue weighted by molar-refractivity contribution is 5.75. The number of aryl methyl sites for hydroxylation is 2. The Hall–Kier alpha value is -1.35. The van der Waals surface area contributed by atoms with E-state index in [-0.39, 0.29) is 0 Å². The molecule has 2 N–H and O–H groups in total. The van der Waals surface area contributed by atoms with Crippen molar-refractivity contribution in [3.63, 3.8) is 0 Å². The van der Waals surface area contributed by atoms with E-state index in [2.05, 4.69) is 11.4 Å². The summed E-state index contributed by atoms with van der Waals surface area (Å²) < 4.78 is 0. The van der Waals surface area contributed by atoms with Gasteiger partial charge >= 0.3 is 5.97 Å². The maximum absolute atomic E-state index is 11.4. The zero-order valence-electron chi connectivity index (χ0n) is 11.1. The van der Waals surface area contributed by atoms with Gasteiger partial charge in [-0.2, -0.15) is 0 Å². The van der Waals surface area contributed by atoms with E-state index in [0.29, 0.717) is 6.04 Å². The second-order valence-electron chi connectivity index (χ2n) is 5.34. The third kappa shape index (κ3) is 3.10. The van der Waals surface area contributed by atoms with E-state index in [1.54, 1.807) is 0 Å². The molecule has 3 nitrogen and oxygen atoms in total. The van der Waals surface area contributed by atoms with Crippen molar-refractivity contribution in [2.45, 2.75) is 51.6 Å². The van der Waals surface area contributed by atoms with Gasteiger partial charge in [0.05, 0.1) is 0 Å². The molecule has 1 aromatic carbocycles. The average Bonchev–Trinajstić information content (AvgIpc) is 2.76. The van der Waals surface area contributed by atoms with Crippen LogP contribution in [-0.2, 0) is 4.79 Å². The van der Waals surface area contributed by atoms with Crippen molar-refractivity contribution in [2.24, 2.45) is 0 Å². The molecule has 1 saturated carbocycles. The van der Waals surface area contributed by atoms with Crippen molar-refractivity contribution < 1.29 is 9.90 Å². The first kappa shape index (κ1) is 13.1. The third-order valence-electron chi connectivity index (χ3n) is 3.58. The molecule has 18 heavy (non-hydrogen) atoms. The molecule has 0 heterocycles. The third-order valence-corrected chi connectivity index (χ3v) is 3.58. The van der Waals surface area contributed by atoms with E-state index >= 15 is 0 Å². The summed E-state index contributed by atoms with van der Waals surface area (Å²) in [7, 11) is 0. The predicted molar refractivity (Wildman–Crippen MR) is 71.7 cm³/mol. The number of aliphatic carboxylic acids is 1. The van der Waals surface area contributed by atoms with Gasteiger partial charge in [0, 0.05) is 6.04 Å². The zero-order chi connectivity index (χ0) is 13.1. The summed E-state index contributed by atoms with van der Waals surface area (Å²) in [5, 5.41) is 12.7. The van der Waals surface area contributed by atoms with Crippen LogP contribution in [0.2, 0.25) is 0 Å². The molecule has 0 saturated heterocycles. The molecular formula is C15H21NO2. The van der Waals surface area contributed by atoms with Gasteiger partial charge in [-0.1, -0.05) is 42.2 Å². The first-order valence-corrected chi connectivity index (χ1v) is 6.63. The summed E-state index contributed by atoms with van der Waals surface area (Å²) in [6.07, 6.45) is 4.59. The summed E-state index contributed by atoms with van der Waals surface area (Å²) in [4.78, 5) is 11.4. The Kier molecular flexibility index (Phi) is 4.02. The van der Waals surface area contributed by atoms with Gasteiger partial charge in [-0.3, -0.25) is 10.1 Å². The van der Waals surface area contributed by atoms with Crippen LogP contribution in [0.15, 0.2) is 18.2 Å². The Balaban J connectivity index is 2.20. The quantitative estimate of drug-likeness (QED) is 0.860. The van der Waals surface area contributed by atoms with Crippen molar-refractivity contribution in [1.82, 2.24) is 5.32 Å². The number of hydrogen-bond donors (Lipinski definition) is 2. The van der Waals surface area contributed by atoms with Gasteiger partial charge in [-0.25, -0.2) is 0 Å². The van der Waals surface area contributed by atoms with Crippen molar-refractivity contribution in [3.05, 3.63) is 34.9 Å². The van der Waals surface area contributed by atoms with Gasteiger partial charge < -0.3 is 5.11 Å². The summed E-state index contributed by atoms with van der Waals surface area (Å²) in [5.41, 5.74) is 3.10. The van der Waals surface area contributed by atoms with Crippen LogP contribution in [0, 0.1) is 13.8 Å². The van der Waals surface area contributed by atoms with Gasteiger partial charge in [0.1, 0.15) is 6.04 Å². The molecule has 0 aliphatic heterocycles. The van der Waals surface area contributed by atoms with Crippen molar-refractivity contribution >= 4 is 5.97 Å². The summed E-state index contributed by atoms with van der Waals surface area (Å²) in [6.45, 7) is 4.01. The first-order valence-electron chi connectivity index (χ1n) is 6.63. The van der Waals surface area contributed by atoms with Crippen LogP contribution in [0.1, 0.15) is 48.4 Å². The minimum atomic E-state index is -0.785. The van der Waals surface area contributed by atoms with Crippen molar-refractivity contribution in [3.8, 4) is 0 Å². The van der Waals surface area contributed by atoms with Crippen LogP contribution in [-0.4, -0.2) is 17.1 Å². The standard InChI is InChI=1S/C15H21NO2/c1-10-7-11(2)9-12(8-10)14(15(17)18)16-13-5-3-4-6-13/h7-9,13-14,16H,3-6H2,1-2H3,(H,17,18). The number of benzene rings is 1. The maximum Gasteiger partial charge on any atom is 0.325 e. The summed E-state index contributed by atoms with van der Waals surface area (Å²) in [5.74, 6) is -0.785. The minimum Gasteiger partial charge on any atom is -0.480 e. The van der Waals surface area contributed by atoms with Crippen LogP contribution in [0.25, 0.3) is 0 Å². The highest BCUT2D eigenvalue weighted by Crippen LogP contribution is 2.23. The Morgan fingerprint density at radius 3 is 2.28 bits per heavy atom. The van der Waals surface area contributed by atoms with E-state index in [9.17, 15) is 9.90 Å². The largest absolute Gasteiger partial charge is 0.480 e. The van der Waals surface area contributed by atoms with Crippen LogP contribution in [0.5, 0.6) is 0 Å². The van der Waals surface area contributed by atoms with Gasteiger partial charge in [-0.05, 0) is 32.3 Å². The average molecular weight is 247 g/mol. The van der Waals surface area contributed by atoms with Gasteiger partial charge in [-0.15, -0.1) is 0 Å². The number of hydrogen-bond acceptors (Lipinski definition) is 2. The fraction of sp³-hybridized carbons (Fsp3) is 0.533. The molecule has 0 bridgehead atoms. The molecule has 0 aromatic heterocycles. The van der Waals surface area contributed by atoms with E-state index in [1.807, 2.05) is 26.0 Å². The lowest BCUT2D eigenvalue weighted by Gasteiger charge is -2.20. The van der Waals surface area contributed by atoms with E-state index in [0.717, 1.165) is 29.5 Å². The van der Waals surface area contributed by atoms with E-state index < -0.39 is 12.0 Å². The molecule has 1 aromatic rings. The first-order chi connectivity index (χ1) is 8.56. The molecule has 1 aliphatic carbocycles.